The molecule has 8 atom stereocenters. The molecule has 26 heavy (non-hydrogen) atoms. The minimum absolute atomic E-state index is 0.0222. The first-order valence-electron chi connectivity index (χ1n) is 10.4. The van der Waals surface area contributed by atoms with Crippen molar-refractivity contribution < 1.29 is 14.4 Å². The average Bonchev–Trinajstić information content (AvgIpc) is 2.95. The molecule has 0 aromatic heterocycles. The number of fused-ring (bicyclic) bond motifs is 5. The van der Waals surface area contributed by atoms with E-state index in [0.29, 0.717) is 54.9 Å². The van der Waals surface area contributed by atoms with E-state index in [1.54, 1.807) is 0 Å². The van der Waals surface area contributed by atoms with Crippen molar-refractivity contribution in [2.45, 2.75) is 65.7 Å². The summed E-state index contributed by atoms with van der Waals surface area (Å²) in [6, 6.07) is 0. The monoisotopic (exact) mass is 356 g/mol. The van der Waals surface area contributed by atoms with Crippen LogP contribution in [-0.2, 0) is 14.4 Å². The molecule has 4 aliphatic carbocycles. The first-order valence-corrected chi connectivity index (χ1v) is 10.4. The van der Waals surface area contributed by atoms with Crippen LogP contribution in [0.4, 0.5) is 0 Å². The van der Waals surface area contributed by atoms with Crippen LogP contribution in [0.1, 0.15) is 65.7 Å². The third-order valence-corrected chi connectivity index (χ3v) is 9.22. The largest absolute Gasteiger partial charge is 0.300 e. The zero-order chi connectivity index (χ0) is 18.9. The fraction of sp³-hybridized carbons (Fsp3) is 0.783. The van der Waals surface area contributed by atoms with Crippen LogP contribution in [0.3, 0.4) is 0 Å². The Balaban J connectivity index is 1.73. The molecular weight excluding hydrogens is 324 g/mol. The number of hydrogen-bond donors (Lipinski definition) is 0. The van der Waals surface area contributed by atoms with Gasteiger partial charge in [-0.05, 0) is 54.3 Å². The number of rotatable bonds is 2. The maximum atomic E-state index is 13.5. The molecule has 0 aromatic carbocycles. The smallest absolute Gasteiger partial charge is 0.139 e. The zero-order valence-corrected chi connectivity index (χ0v) is 16.4. The van der Waals surface area contributed by atoms with Gasteiger partial charge in [-0.2, -0.15) is 0 Å². The van der Waals surface area contributed by atoms with E-state index in [1.165, 1.54) is 0 Å². The molecule has 0 saturated heterocycles. The highest BCUT2D eigenvalue weighted by Crippen LogP contribution is 2.66. The van der Waals surface area contributed by atoms with Crippen LogP contribution in [0, 0.1) is 46.3 Å². The van der Waals surface area contributed by atoms with E-state index in [1.807, 2.05) is 6.08 Å². The Kier molecular flexibility index (Phi) is 4.09. The molecule has 0 bridgehead atoms. The molecule has 0 aromatic rings. The Labute approximate surface area is 157 Å². The number of carbonyl (C=O) groups is 3. The van der Waals surface area contributed by atoms with Gasteiger partial charge < -0.3 is 0 Å². The summed E-state index contributed by atoms with van der Waals surface area (Å²) in [7, 11) is 0. The van der Waals surface area contributed by atoms with Crippen LogP contribution in [0.5, 0.6) is 0 Å². The van der Waals surface area contributed by atoms with Gasteiger partial charge in [0.15, 0.2) is 0 Å². The molecule has 4 rings (SSSR count). The van der Waals surface area contributed by atoms with Crippen LogP contribution in [0.25, 0.3) is 0 Å². The summed E-state index contributed by atoms with van der Waals surface area (Å²) in [6.45, 7) is 10.5. The van der Waals surface area contributed by atoms with Gasteiger partial charge in [0, 0.05) is 37.0 Å². The predicted molar refractivity (Wildman–Crippen MR) is 100 cm³/mol. The third kappa shape index (κ3) is 2.21. The lowest BCUT2D eigenvalue weighted by Crippen LogP contribution is -2.60. The maximum Gasteiger partial charge on any atom is 0.139 e. The van der Waals surface area contributed by atoms with Crippen LogP contribution in [0.2, 0.25) is 0 Å². The normalized spacial score (nSPS) is 49.2. The van der Waals surface area contributed by atoms with E-state index in [4.69, 9.17) is 0 Å². The standard InChI is InChI=1S/C23H32O3/c1-5-13(2)16-6-7-17-21-18(12-20(26)23(16,17)4)22(3)9-8-15(24)10-14(22)11-19(21)25/h5,13-14,16-18,21H,1,6-12H2,2-4H3/t13-,14+,16-,17+,18+,21+,22+,23-/m1/s1. The van der Waals surface area contributed by atoms with Crippen LogP contribution in [-0.4, -0.2) is 17.3 Å². The van der Waals surface area contributed by atoms with Gasteiger partial charge in [-0.25, -0.2) is 0 Å². The Morgan fingerprint density at radius 2 is 1.81 bits per heavy atom. The number of Topliss-reactive ketones (excluding diaryl/α,β-unsaturated/α-hetero) is 3. The fourth-order valence-electron chi connectivity index (χ4n) is 7.49. The Morgan fingerprint density at radius 1 is 1.08 bits per heavy atom. The highest BCUT2D eigenvalue weighted by molar-refractivity contribution is 5.93. The van der Waals surface area contributed by atoms with Gasteiger partial charge in [-0.3, -0.25) is 14.4 Å². The summed E-state index contributed by atoms with van der Waals surface area (Å²) in [6.07, 6.45) is 7.08. The van der Waals surface area contributed by atoms with Gasteiger partial charge in [0.25, 0.3) is 0 Å². The van der Waals surface area contributed by atoms with Crippen LogP contribution >= 0.6 is 0 Å². The molecule has 4 saturated carbocycles. The van der Waals surface area contributed by atoms with Crippen molar-refractivity contribution in [3.05, 3.63) is 12.7 Å². The van der Waals surface area contributed by atoms with Crippen molar-refractivity contribution >= 4 is 17.3 Å². The summed E-state index contributed by atoms with van der Waals surface area (Å²) in [4.78, 5) is 38.7. The highest BCUT2D eigenvalue weighted by atomic mass is 16.1. The van der Waals surface area contributed by atoms with Crippen molar-refractivity contribution in [3.63, 3.8) is 0 Å². The zero-order valence-electron chi connectivity index (χ0n) is 16.4. The van der Waals surface area contributed by atoms with Crippen LogP contribution in [0.15, 0.2) is 12.7 Å². The molecule has 3 heteroatoms. The second kappa shape index (κ2) is 5.87. The summed E-state index contributed by atoms with van der Waals surface area (Å²) < 4.78 is 0. The topological polar surface area (TPSA) is 51.2 Å². The van der Waals surface area contributed by atoms with E-state index in [0.717, 1.165) is 19.3 Å². The molecule has 0 unspecified atom stereocenters. The number of hydrogen-bond acceptors (Lipinski definition) is 3. The second-order valence-electron chi connectivity index (χ2n) is 10.0. The second-order valence-corrected chi connectivity index (χ2v) is 10.0. The van der Waals surface area contributed by atoms with Gasteiger partial charge >= 0.3 is 0 Å². The van der Waals surface area contributed by atoms with Crippen molar-refractivity contribution in [3.8, 4) is 0 Å². The first-order chi connectivity index (χ1) is 12.2. The molecular formula is C23H32O3. The van der Waals surface area contributed by atoms with Gasteiger partial charge in [-0.1, -0.05) is 26.8 Å². The Bertz CT molecular complexity index is 679. The highest BCUT2D eigenvalue weighted by Gasteiger charge is 2.65. The Morgan fingerprint density at radius 3 is 2.50 bits per heavy atom. The maximum absolute atomic E-state index is 13.5. The molecule has 0 radical (unpaired) electrons. The van der Waals surface area contributed by atoms with E-state index in [9.17, 15) is 14.4 Å². The summed E-state index contributed by atoms with van der Waals surface area (Å²) in [5.41, 5.74) is -0.399. The summed E-state index contributed by atoms with van der Waals surface area (Å²) in [5.74, 6) is 2.12. The first kappa shape index (κ1) is 18.1. The average molecular weight is 357 g/mol. The lowest BCUT2D eigenvalue weighted by Gasteiger charge is -2.58. The molecule has 3 nitrogen and oxygen atoms in total. The van der Waals surface area contributed by atoms with Crippen molar-refractivity contribution in [2.75, 3.05) is 0 Å². The van der Waals surface area contributed by atoms with E-state index in [-0.39, 0.29) is 34.5 Å². The number of allylic oxidation sites excluding steroid dienone is 1. The van der Waals surface area contributed by atoms with Crippen molar-refractivity contribution in [1.82, 2.24) is 0 Å². The third-order valence-electron chi connectivity index (χ3n) is 9.22. The lowest BCUT2D eigenvalue weighted by atomic mass is 9.44. The minimum Gasteiger partial charge on any atom is -0.300 e. The van der Waals surface area contributed by atoms with Crippen LogP contribution < -0.4 is 0 Å². The van der Waals surface area contributed by atoms with Crippen molar-refractivity contribution in [2.24, 2.45) is 46.3 Å². The minimum atomic E-state index is -0.377. The summed E-state index contributed by atoms with van der Waals surface area (Å²) >= 11 is 0. The van der Waals surface area contributed by atoms with Gasteiger partial charge in [0.1, 0.15) is 17.3 Å². The van der Waals surface area contributed by atoms with Gasteiger partial charge in [-0.15, -0.1) is 6.58 Å². The molecule has 0 aliphatic heterocycles. The van der Waals surface area contributed by atoms with E-state index < -0.39 is 0 Å². The molecule has 0 amide bonds. The quantitative estimate of drug-likeness (QED) is 0.689. The fourth-order valence-corrected chi connectivity index (χ4v) is 7.49. The van der Waals surface area contributed by atoms with Gasteiger partial charge in [0.2, 0.25) is 0 Å². The van der Waals surface area contributed by atoms with Gasteiger partial charge in [0.05, 0.1) is 0 Å². The molecule has 0 N–H and O–H groups in total. The molecule has 4 aliphatic rings. The van der Waals surface area contributed by atoms with E-state index >= 15 is 0 Å². The van der Waals surface area contributed by atoms with E-state index in [2.05, 4.69) is 27.4 Å². The van der Waals surface area contributed by atoms with Crippen molar-refractivity contribution in [1.29, 1.82) is 0 Å². The summed E-state index contributed by atoms with van der Waals surface area (Å²) in [5, 5.41) is 0. The number of ketones is 3. The Hall–Kier alpha value is -1.25. The molecule has 0 spiro atoms. The SMILES string of the molecule is C=C[C@@H](C)[C@H]1CC[C@H]2[C@@H]3C(=O)C[C@@H]4CC(=O)CC[C@]4(C)[C@H]3CC(=O)[C@]12C. The molecule has 4 fully saturated rings. The lowest BCUT2D eigenvalue weighted by molar-refractivity contribution is -0.166. The number of carbonyl (C=O) groups excluding carboxylic acids is 3. The molecule has 0 heterocycles. The molecule has 142 valence electrons. The predicted octanol–water partition coefficient (Wildman–Crippen LogP) is 4.39.